The van der Waals surface area contributed by atoms with Crippen LogP contribution < -0.4 is 0 Å². The van der Waals surface area contributed by atoms with Gasteiger partial charge >= 0.3 is 0 Å². The lowest BCUT2D eigenvalue weighted by Gasteiger charge is -2.22. The Morgan fingerprint density at radius 3 is 2.81 bits per heavy atom. The lowest BCUT2D eigenvalue weighted by Crippen LogP contribution is -2.27. The van der Waals surface area contributed by atoms with Crippen LogP contribution >= 0.6 is 11.8 Å². The molecule has 0 bridgehead atoms. The summed E-state index contributed by atoms with van der Waals surface area (Å²) in [7, 11) is 0. The summed E-state index contributed by atoms with van der Waals surface area (Å²) in [5.74, 6) is 0. The van der Waals surface area contributed by atoms with Gasteiger partial charge in [0.15, 0.2) is 0 Å². The normalized spacial score (nSPS) is 16.3. The molecular formula is C22H25N3S. The Hall–Kier alpha value is -2.04. The fraction of sp³-hybridized carbons (Fsp3) is 0.318. The standard InChI is InChI=1S/C22H25N3S/c1-3-24(4-2)12-13-25-21-15-18(9-10-19(21)16-23-25)22-20-8-6-5-7-17(20)11-14-26-22/h5-11,14-16,22H,3-4,12-13H2,1-2H3. The van der Waals surface area contributed by atoms with Gasteiger partial charge in [-0.1, -0.05) is 50.2 Å². The van der Waals surface area contributed by atoms with E-state index in [0.29, 0.717) is 5.25 Å². The second kappa shape index (κ2) is 7.68. The number of thioether (sulfide) groups is 1. The second-order valence-electron chi connectivity index (χ2n) is 6.66. The maximum Gasteiger partial charge on any atom is 0.0686 e. The highest BCUT2D eigenvalue weighted by Gasteiger charge is 2.20. The summed E-state index contributed by atoms with van der Waals surface area (Å²) in [6.45, 7) is 8.58. The molecule has 2 aromatic carbocycles. The topological polar surface area (TPSA) is 21.1 Å². The van der Waals surface area contributed by atoms with Gasteiger partial charge in [0, 0.05) is 11.9 Å². The van der Waals surface area contributed by atoms with Crippen LogP contribution in [0, 0.1) is 0 Å². The van der Waals surface area contributed by atoms with Gasteiger partial charge in [-0.3, -0.25) is 4.68 Å². The summed E-state index contributed by atoms with van der Waals surface area (Å²) in [6, 6.07) is 15.5. The average molecular weight is 364 g/mol. The Balaban J connectivity index is 1.65. The van der Waals surface area contributed by atoms with E-state index in [9.17, 15) is 0 Å². The Morgan fingerprint density at radius 1 is 1.12 bits per heavy atom. The number of hydrogen-bond acceptors (Lipinski definition) is 3. The van der Waals surface area contributed by atoms with Crippen molar-refractivity contribution in [2.24, 2.45) is 0 Å². The van der Waals surface area contributed by atoms with Gasteiger partial charge < -0.3 is 4.90 Å². The minimum Gasteiger partial charge on any atom is -0.302 e. The van der Waals surface area contributed by atoms with Gasteiger partial charge in [-0.2, -0.15) is 5.10 Å². The smallest absolute Gasteiger partial charge is 0.0686 e. The summed E-state index contributed by atoms with van der Waals surface area (Å²) in [6.07, 6.45) is 4.20. The zero-order chi connectivity index (χ0) is 17.9. The first-order chi connectivity index (χ1) is 12.8. The molecule has 0 amide bonds. The third-order valence-corrected chi connectivity index (χ3v) is 6.33. The molecule has 134 valence electrons. The summed E-state index contributed by atoms with van der Waals surface area (Å²) >= 11 is 1.88. The number of likely N-dealkylation sites (N-methyl/N-ethyl adjacent to an activating group) is 1. The molecule has 0 fully saturated rings. The molecule has 1 aliphatic rings. The molecule has 1 unspecified atom stereocenters. The number of rotatable bonds is 6. The molecule has 0 saturated heterocycles. The largest absolute Gasteiger partial charge is 0.302 e. The van der Waals surface area contributed by atoms with E-state index in [1.54, 1.807) is 0 Å². The molecule has 4 heteroatoms. The second-order valence-corrected chi connectivity index (χ2v) is 7.68. The number of nitrogens with zero attached hydrogens (tertiary/aromatic N) is 3. The van der Waals surface area contributed by atoms with Gasteiger partial charge in [0.2, 0.25) is 0 Å². The van der Waals surface area contributed by atoms with E-state index >= 15 is 0 Å². The number of aromatic nitrogens is 2. The van der Waals surface area contributed by atoms with Crippen LogP contribution in [0.15, 0.2) is 54.1 Å². The Kier molecular flexibility index (Phi) is 5.14. The van der Waals surface area contributed by atoms with E-state index in [2.05, 4.69) is 82.5 Å². The highest BCUT2D eigenvalue weighted by Crippen LogP contribution is 2.42. The van der Waals surface area contributed by atoms with Gasteiger partial charge in [-0.15, -0.1) is 11.8 Å². The van der Waals surface area contributed by atoms with Gasteiger partial charge in [0.25, 0.3) is 0 Å². The van der Waals surface area contributed by atoms with Crippen LogP contribution in [0.4, 0.5) is 0 Å². The zero-order valence-electron chi connectivity index (χ0n) is 15.4. The van der Waals surface area contributed by atoms with Gasteiger partial charge in [-0.25, -0.2) is 0 Å². The van der Waals surface area contributed by atoms with E-state index in [4.69, 9.17) is 0 Å². The minimum absolute atomic E-state index is 0.353. The Bertz CT molecular complexity index is 924. The summed E-state index contributed by atoms with van der Waals surface area (Å²) in [5, 5.41) is 8.43. The fourth-order valence-corrected chi connectivity index (χ4v) is 4.68. The number of hydrogen-bond donors (Lipinski definition) is 0. The molecule has 0 N–H and O–H groups in total. The van der Waals surface area contributed by atoms with E-state index < -0.39 is 0 Å². The molecule has 1 atom stereocenters. The Labute approximate surface area is 159 Å². The first kappa shape index (κ1) is 17.4. The van der Waals surface area contributed by atoms with E-state index in [0.717, 1.165) is 26.2 Å². The van der Waals surface area contributed by atoms with Crippen molar-refractivity contribution in [3.05, 3.63) is 70.8 Å². The van der Waals surface area contributed by atoms with Crippen LogP contribution in [-0.2, 0) is 6.54 Å². The first-order valence-corrected chi connectivity index (χ1v) is 10.3. The zero-order valence-corrected chi connectivity index (χ0v) is 16.2. The van der Waals surface area contributed by atoms with Crippen molar-refractivity contribution in [3.8, 4) is 0 Å². The summed E-state index contributed by atoms with van der Waals surface area (Å²) < 4.78 is 2.16. The molecule has 0 radical (unpaired) electrons. The molecule has 0 spiro atoms. The van der Waals surface area contributed by atoms with Crippen molar-refractivity contribution < 1.29 is 0 Å². The van der Waals surface area contributed by atoms with Crippen LogP contribution in [0.1, 0.15) is 35.8 Å². The molecule has 3 nitrogen and oxygen atoms in total. The SMILES string of the molecule is CCN(CC)CCn1ncc2ccc(C3SC=Cc4ccccc43)cc21. The van der Waals surface area contributed by atoms with Gasteiger partial charge in [0.1, 0.15) is 0 Å². The Morgan fingerprint density at radius 2 is 1.96 bits per heavy atom. The third-order valence-electron chi connectivity index (χ3n) is 5.23. The van der Waals surface area contributed by atoms with Crippen molar-refractivity contribution >= 4 is 28.7 Å². The van der Waals surface area contributed by atoms with Gasteiger partial charge in [0.05, 0.1) is 23.5 Å². The molecule has 2 heterocycles. The van der Waals surface area contributed by atoms with E-state index in [1.165, 1.54) is 27.6 Å². The van der Waals surface area contributed by atoms with Crippen LogP contribution in [0.3, 0.4) is 0 Å². The van der Waals surface area contributed by atoms with Crippen LogP contribution in [0.2, 0.25) is 0 Å². The van der Waals surface area contributed by atoms with Crippen LogP contribution in [0.5, 0.6) is 0 Å². The monoisotopic (exact) mass is 363 g/mol. The molecule has 1 aromatic heterocycles. The maximum atomic E-state index is 4.64. The van der Waals surface area contributed by atoms with Crippen molar-refractivity contribution in [1.29, 1.82) is 0 Å². The molecular weight excluding hydrogens is 338 g/mol. The number of benzene rings is 2. The fourth-order valence-electron chi connectivity index (χ4n) is 3.63. The third kappa shape index (κ3) is 3.31. The quantitative estimate of drug-likeness (QED) is 0.602. The van der Waals surface area contributed by atoms with E-state index in [-0.39, 0.29) is 0 Å². The highest BCUT2D eigenvalue weighted by atomic mass is 32.2. The molecule has 4 rings (SSSR count). The molecule has 1 aliphatic heterocycles. The molecule has 26 heavy (non-hydrogen) atoms. The predicted molar refractivity (Wildman–Crippen MR) is 112 cm³/mol. The lowest BCUT2D eigenvalue weighted by molar-refractivity contribution is 0.287. The predicted octanol–water partition coefficient (Wildman–Crippen LogP) is 5.19. The van der Waals surface area contributed by atoms with Gasteiger partial charge in [-0.05, 0) is 47.3 Å². The van der Waals surface area contributed by atoms with Crippen molar-refractivity contribution in [1.82, 2.24) is 14.7 Å². The summed E-state index contributed by atoms with van der Waals surface area (Å²) in [4.78, 5) is 2.44. The van der Waals surface area contributed by atoms with E-state index in [1.807, 2.05) is 18.0 Å². The summed E-state index contributed by atoms with van der Waals surface area (Å²) in [5.41, 5.74) is 5.31. The maximum absolute atomic E-state index is 4.64. The molecule has 0 aliphatic carbocycles. The molecule has 3 aromatic rings. The molecule has 0 saturated carbocycles. The number of fused-ring (bicyclic) bond motifs is 2. The van der Waals surface area contributed by atoms with Crippen LogP contribution in [-0.4, -0.2) is 34.3 Å². The van der Waals surface area contributed by atoms with Crippen molar-refractivity contribution in [2.45, 2.75) is 25.6 Å². The minimum atomic E-state index is 0.353. The average Bonchev–Trinajstić information content (AvgIpc) is 3.10. The van der Waals surface area contributed by atoms with Crippen molar-refractivity contribution in [3.63, 3.8) is 0 Å². The lowest BCUT2D eigenvalue weighted by atomic mass is 9.98. The first-order valence-electron chi connectivity index (χ1n) is 9.39. The van der Waals surface area contributed by atoms with Crippen molar-refractivity contribution in [2.75, 3.05) is 19.6 Å². The van der Waals surface area contributed by atoms with Crippen LogP contribution in [0.25, 0.3) is 17.0 Å². The highest BCUT2D eigenvalue weighted by molar-refractivity contribution is 8.02.